The largest absolute Gasteiger partial charge is 0.441 e. The van der Waals surface area contributed by atoms with E-state index in [9.17, 15) is 13.6 Å². The summed E-state index contributed by atoms with van der Waals surface area (Å²) in [5, 5.41) is 2.75. The van der Waals surface area contributed by atoms with Crippen molar-refractivity contribution in [3.8, 4) is 0 Å². The quantitative estimate of drug-likeness (QED) is 0.693. The van der Waals surface area contributed by atoms with Crippen molar-refractivity contribution in [2.45, 2.75) is 31.0 Å². The summed E-state index contributed by atoms with van der Waals surface area (Å²) in [6.07, 6.45) is 1.81. The van der Waals surface area contributed by atoms with E-state index in [1.54, 1.807) is 24.3 Å². The maximum Gasteiger partial charge on any atom is 0.407 e. The SMILES string of the molecule is O=C1NCC2(CCN(CCCOC(c3ccc(F)cc3)c3ccc(F)cc3)CC2)O1. The number of likely N-dealkylation sites (tertiary alicyclic amines) is 1. The van der Waals surface area contributed by atoms with Crippen LogP contribution in [-0.2, 0) is 9.47 Å². The van der Waals surface area contributed by atoms with Crippen LogP contribution in [0.2, 0.25) is 0 Å². The normalized spacial score (nSPS) is 18.6. The van der Waals surface area contributed by atoms with Gasteiger partial charge in [-0.2, -0.15) is 0 Å². The number of alkyl carbamates (subject to hydrolysis) is 1. The van der Waals surface area contributed by atoms with Crippen LogP contribution in [0, 0.1) is 11.6 Å². The number of carbonyl (C=O) groups excluding carboxylic acids is 1. The molecule has 5 nitrogen and oxygen atoms in total. The van der Waals surface area contributed by atoms with Gasteiger partial charge in [0, 0.05) is 39.1 Å². The van der Waals surface area contributed by atoms with E-state index in [0.717, 1.165) is 50.0 Å². The summed E-state index contributed by atoms with van der Waals surface area (Å²) in [5.41, 5.74) is 1.33. The summed E-state index contributed by atoms with van der Waals surface area (Å²) in [7, 11) is 0. The summed E-state index contributed by atoms with van der Waals surface area (Å²) in [4.78, 5) is 13.7. The second kappa shape index (κ2) is 9.10. The first-order valence-corrected chi connectivity index (χ1v) is 10.3. The van der Waals surface area contributed by atoms with Gasteiger partial charge in [-0.1, -0.05) is 24.3 Å². The molecule has 2 fully saturated rings. The topological polar surface area (TPSA) is 50.8 Å². The van der Waals surface area contributed by atoms with Gasteiger partial charge in [-0.05, 0) is 41.8 Å². The molecule has 160 valence electrons. The number of amides is 1. The van der Waals surface area contributed by atoms with Crippen molar-refractivity contribution in [1.82, 2.24) is 10.2 Å². The van der Waals surface area contributed by atoms with Gasteiger partial charge < -0.3 is 19.7 Å². The highest BCUT2D eigenvalue weighted by molar-refractivity contribution is 5.70. The lowest BCUT2D eigenvalue weighted by Crippen LogP contribution is -2.46. The fourth-order valence-corrected chi connectivity index (χ4v) is 4.11. The minimum Gasteiger partial charge on any atom is -0.441 e. The van der Waals surface area contributed by atoms with Crippen LogP contribution in [0.4, 0.5) is 13.6 Å². The van der Waals surface area contributed by atoms with E-state index in [1.807, 2.05) is 0 Å². The molecule has 2 aromatic rings. The number of rotatable bonds is 7. The van der Waals surface area contributed by atoms with Crippen LogP contribution in [0.3, 0.4) is 0 Å². The zero-order valence-corrected chi connectivity index (χ0v) is 16.8. The molecule has 0 unspecified atom stereocenters. The summed E-state index contributed by atoms with van der Waals surface area (Å²) in [6, 6.07) is 12.4. The molecular formula is C23H26F2N2O3. The Hall–Kier alpha value is -2.51. The number of piperidine rings is 1. The Labute approximate surface area is 175 Å². The molecule has 0 saturated carbocycles. The van der Waals surface area contributed by atoms with Gasteiger partial charge in [0.05, 0.1) is 6.54 Å². The van der Waals surface area contributed by atoms with E-state index in [2.05, 4.69) is 10.2 Å². The van der Waals surface area contributed by atoms with E-state index in [4.69, 9.17) is 9.47 Å². The molecule has 1 N–H and O–H groups in total. The Morgan fingerprint density at radius 1 is 1.00 bits per heavy atom. The summed E-state index contributed by atoms with van der Waals surface area (Å²) >= 11 is 0. The molecule has 0 aliphatic carbocycles. The third kappa shape index (κ3) is 4.96. The average molecular weight is 416 g/mol. The van der Waals surface area contributed by atoms with E-state index < -0.39 is 0 Å². The van der Waals surface area contributed by atoms with Gasteiger partial charge in [0.25, 0.3) is 0 Å². The number of hydrogen-bond donors (Lipinski definition) is 1. The molecule has 2 aliphatic heterocycles. The molecule has 1 amide bonds. The first-order valence-electron chi connectivity index (χ1n) is 10.3. The van der Waals surface area contributed by atoms with Crippen LogP contribution in [0.5, 0.6) is 0 Å². The number of nitrogens with zero attached hydrogens (tertiary/aromatic N) is 1. The number of benzene rings is 2. The van der Waals surface area contributed by atoms with Gasteiger partial charge in [0.2, 0.25) is 0 Å². The molecule has 0 bridgehead atoms. The van der Waals surface area contributed by atoms with Crippen LogP contribution in [0.15, 0.2) is 48.5 Å². The lowest BCUT2D eigenvalue weighted by Gasteiger charge is -2.37. The van der Waals surface area contributed by atoms with Crippen LogP contribution in [0.25, 0.3) is 0 Å². The van der Waals surface area contributed by atoms with Gasteiger partial charge >= 0.3 is 6.09 Å². The molecule has 1 spiro atoms. The first-order chi connectivity index (χ1) is 14.5. The zero-order valence-electron chi connectivity index (χ0n) is 16.8. The molecule has 2 heterocycles. The zero-order chi connectivity index (χ0) is 21.0. The highest BCUT2D eigenvalue weighted by Gasteiger charge is 2.42. The average Bonchev–Trinajstić information content (AvgIpc) is 3.11. The monoisotopic (exact) mass is 416 g/mol. The highest BCUT2D eigenvalue weighted by Crippen LogP contribution is 2.30. The van der Waals surface area contributed by atoms with E-state index in [0.29, 0.717) is 13.2 Å². The Kier molecular flexibility index (Phi) is 6.29. The fourth-order valence-electron chi connectivity index (χ4n) is 4.11. The van der Waals surface area contributed by atoms with Crippen LogP contribution < -0.4 is 5.32 Å². The predicted molar refractivity (Wildman–Crippen MR) is 108 cm³/mol. The lowest BCUT2D eigenvalue weighted by atomic mass is 9.91. The van der Waals surface area contributed by atoms with E-state index >= 15 is 0 Å². The standard InChI is InChI=1S/C23H26F2N2O3/c24-19-6-2-17(3-7-19)21(18-4-8-20(25)9-5-18)29-15-1-12-27-13-10-23(11-14-27)16-26-22(28)30-23/h2-9,21H,1,10-16H2,(H,26,28). The second-order valence-electron chi connectivity index (χ2n) is 7.98. The second-order valence-corrected chi connectivity index (χ2v) is 7.98. The highest BCUT2D eigenvalue weighted by atomic mass is 19.1. The number of ether oxygens (including phenoxy) is 2. The van der Waals surface area contributed by atoms with Crippen molar-refractivity contribution in [3.63, 3.8) is 0 Å². The Morgan fingerprint density at radius 2 is 1.57 bits per heavy atom. The van der Waals surface area contributed by atoms with Crippen molar-refractivity contribution in [3.05, 3.63) is 71.3 Å². The first kappa shape index (κ1) is 20.8. The molecule has 7 heteroatoms. The summed E-state index contributed by atoms with van der Waals surface area (Å²) in [6.45, 7) is 3.77. The Bertz CT molecular complexity index is 804. The fraction of sp³-hybridized carbons (Fsp3) is 0.435. The number of halogens is 2. The van der Waals surface area contributed by atoms with E-state index in [1.165, 1.54) is 24.3 Å². The third-order valence-electron chi connectivity index (χ3n) is 5.88. The van der Waals surface area contributed by atoms with Gasteiger partial charge in [-0.15, -0.1) is 0 Å². The van der Waals surface area contributed by atoms with Crippen molar-refractivity contribution < 1.29 is 23.0 Å². The molecular weight excluding hydrogens is 390 g/mol. The van der Waals surface area contributed by atoms with Gasteiger partial charge in [0.15, 0.2) is 0 Å². The molecule has 2 aliphatic rings. The Morgan fingerprint density at radius 3 is 2.07 bits per heavy atom. The molecule has 0 aromatic heterocycles. The lowest BCUT2D eigenvalue weighted by molar-refractivity contribution is -0.00232. The van der Waals surface area contributed by atoms with E-state index in [-0.39, 0.29) is 29.4 Å². The number of nitrogens with one attached hydrogen (secondary N) is 1. The molecule has 0 radical (unpaired) electrons. The van der Waals surface area contributed by atoms with Crippen LogP contribution >= 0.6 is 0 Å². The summed E-state index contributed by atoms with van der Waals surface area (Å²) in [5.74, 6) is -0.606. The van der Waals surface area contributed by atoms with Crippen LogP contribution in [0.1, 0.15) is 36.5 Å². The van der Waals surface area contributed by atoms with Gasteiger partial charge in [0.1, 0.15) is 23.3 Å². The van der Waals surface area contributed by atoms with Crippen molar-refractivity contribution in [2.75, 3.05) is 32.8 Å². The number of hydrogen-bond acceptors (Lipinski definition) is 4. The minimum atomic E-state index is -0.375. The predicted octanol–water partition coefficient (Wildman–Crippen LogP) is 4.04. The smallest absolute Gasteiger partial charge is 0.407 e. The maximum absolute atomic E-state index is 13.3. The number of carbonyl (C=O) groups is 1. The minimum absolute atomic E-state index is 0.303. The summed E-state index contributed by atoms with van der Waals surface area (Å²) < 4.78 is 38.2. The van der Waals surface area contributed by atoms with Gasteiger partial charge in [-0.3, -0.25) is 0 Å². The van der Waals surface area contributed by atoms with Crippen molar-refractivity contribution in [2.24, 2.45) is 0 Å². The van der Waals surface area contributed by atoms with Crippen LogP contribution in [-0.4, -0.2) is 49.4 Å². The maximum atomic E-state index is 13.3. The molecule has 30 heavy (non-hydrogen) atoms. The van der Waals surface area contributed by atoms with Crippen molar-refractivity contribution >= 4 is 6.09 Å². The van der Waals surface area contributed by atoms with Gasteiger partial charge in [-0.25, -0.2) is 13.6 Å². The molecule has 2 saturated heterocycles. The molecule has 4 rings (SSSR count). The molecule has 0 atom stereocenters. The third-order valence-corrected chi connectivity index (χ3v) is 5.88. The molecule has 2 aromatic carbocycles. The van der Waals surface area contributed by atoms with Crippen molar-refractivity contribution in [1.29, 1.82) is 0 Å². The Balaban J connectivity index is 1.29.